The topological polar surface area (TPSA) is 87.0 Å². The maximum atomic E-state index is 10.9. The smallest absolute Gasteiger partial charge is 0.333 e. The minimum Gasteiger partial charge on any atom is -0.378 e. The Hall–Kier alpha value is -2.08. The largest absolute Gasteiger partial charge is 0.378 e. The van der Waals surface area contributed by atoms with Crippen LogP contribution in [-0.2, 0) is 0 Å². The van der Waals surface area contributed by atoms with Gasteiger partial charge in [0.15, 0.2) is 0 Å². The van der Waals surface area contributed by atoms with Crippen LogP contribution in [0, 0.1) is 24.0 Å². The van der Waals surface area contributed by atoms with Crippen LogP contribution in [-0.4, -0.2) is 14.7 Å². The van der Waals surface area contributed by atoms with Crippen molar-refractivity contribution in [2.45, 2.75) is 13.8 Å². The molecule has 0 bridgehead atoms. The molecule has 0 spiro atoms. The minimum absolute atomic E-state index is 0.00239. The Balaban J connectivity index is 2.61. The van der Waals surface area contributed by atoms with E-state index in [1.54, 1.807) is 25.1 Å². The van der Waals surface area contributed by atoms with Crippen LogP contribution in [0.15, 0.2) is 18.2 Å². The van der Waals surface area contributed by atoms with E-state index in [0.29, 0.717) is 10.7 Å². The number of nitrogens with zero attached hydrogens (tertiary/aromatic N) is 3. The Labute approximate surface area is 108 Å². The van der Waals surface area contributed by atoms with Gasteiger partial charge in [0.2, 0.25) is 5.82 Å². The number of aromatic nitrogens is 2. The third-order valence-electron chi connectivity index (χ3n) is 2.65. The van der Waals surface area contributed by atoms with Crippen LogP contribution in [0.25, 0.3) is 5.69 Å². The second-order valence-corrected chi connectivity index (χ2v) is 4.33. The summed E-state index contributed by atoms with van der Waals surface area (Å²) >= 11 is 6.01. The number of aryl methyl sites for hydroxylation is 2. The van der Waals surface area contributed by atoms with Crippen molar-refractivity contribution in [2.75, 3.05) is 5.73 Å². The SMILES string of the molecule is Cc1ccc(-n2nc(C)c([N+](=O)[O-])c2N)cc1Cl. The average molecular weight is 267 g/mol. The number of rotatable bonds is 2. The van der Waals surface area contributed by atoms with Crippen molar-refractivity contribution in [3.8, 4) is 5.69 Å². The molecule has 0 aliphatic rings. The van der Waals surface area contributed by atoms with E-state index in [0.717, 1.165) is 5.56 Å². The van der Waals surface area contributed by atoms with Crippen LogP contribution >= 0.6 is 11.6 Å². The highest BCUT2D eigenvalue weighted by Gasteiger charge is 2.23. The summed E-state index contributed by atoms with van der Waals surface area (Å²) in [5, 5.41) is 15.5. The molecule has 0 radical (unpaired) electrons. The quantitative estimate of drug-likeness (QED) is 0.669. The number of benzene rings is 1. The van der Waals surface area contributed by atoms with Gasteiger partial charge in [-0.3, -0.25) is 10.1 Å². The third-order valence-corrected chi connectivity index (χ3v) is 3.05. The molecule has 7 heteroatoms. The predicted molar refractivity (Wildman–Crippen MR) is 69.1 cm³/mol. The standard InChI is InChI=1S/C11H11ClN4O2/c1-6-3-4-8(5-9(6)12)15-11(13)10(16(17)18)7(2)14-15/h3-5H,13H2,1-2H3. The fraction of sp³-hybridized carbons (Fsp3) is 0.182. The number of anilines is 1. The normalized spacial score (nSPS) is 10.6. The van der Waals surface area contributed by atoms with Crippen LogP contribution in [0.5, 0.6) is 0 Å². The Morgan fingerprint density at radius 2 is 2.11 bits per heavy atom. The molecule has 0 fully saturated rings. The summed E-state index contributed by atoms with van der Waals surface area (Å²) in [5.74, 6) is -0.00239. The third kappa shape index (κ3) is 1.91. The first-order valence-corrected chi connectivity index (χ1v) is 5.55. The zero-order valence-electron chi connectivity index (χ0n) is 9.85. The lowest BCUT2D eigenvalue weighted by molar-refractivity contribution is -0.384. The Morgan fingerprint density at radius 1 is 1.44 bits per heavy atom. The van der Waals surface area contributed by atoms with Crippen LogP contribution in [0.3, 0.4) is 0 Å². The van der Waals surface area contributed by atoms with Crippen molar-refractivity contribution in [3.63, 3.8) is 0 Å². The summed E-state index contributed by atoms with van der Waals surface area (Å²) < 4.78 is 1.32. The molecule has 0 saturated heterocycles. The van der Waals surface area contributed by atoms with Crippen LogP contribution in [0.4, 0.5) is 11.5 Å². The van der Waals surface area contributed by atoms with Crippen molar-refractivity contribution < 1.29 is 4.92 Å². The lowest BCUT2D eigenvalue weighted by Crippen LogP contribution is -2.03. The highest BCUT2D eigenvalue weighted by molar-refractivity contribution is 6.31. The molecule has 2 N–H and O–H groups in total. The van der Waals surface area contributed by atoms with Gasteiger partial charge in [-0.25, -0.2) is 4.68 Å². The molecule has 0 saturated carbocycles. The van der Waals surface area contributed by atoms with Gasteiger partial charge in [0, 0.05) is 5.02 Å². The van der Waals surface area contributed by atoms with Gasteiger partial charge in [-0.1, -0.05) is 17.7 Å². The van der Waals surface area contributed by atoms with Gasteiger partial charge in [-0.05, 0) is 31.5 Å². The summed E-state index contributed by atoms with van der Waals surface area (Å²) in [6.07, 6.45) is 0. The van der Waals surface area contributed by atoms with Gasteiger partial charge >= 0.3 is 5.69 Å². The lowest BCUT2D eigenvalue weighted by Gasteiger charge is -2.05. The second kappa shape index (κ2) is 4.30. The van der Waals surface area contributed by atoms with Gasteiger partial charge in [0.1, 0.15) is 5.69 Å². The molecule has 1 heterocycles. The Morgan fingerprint density at radius 3 is 2.61 bits per heavy atom. The van der Waals surface area contributed by atoms with Gasteiger partial charge in [-0.2, -0.15) is 5.10 Å². The number of nitrogens with two attached hydrogens (primary N) is 1. The molecule has 1 aromatic carbocycles. The first kappa shape index (κ1) is 12.4. The van der Waals surface area contributed by atoms with Crippen LogP contribution in [0.2, 0.25) is 5.02 Å². The molecule has 2 aromatic rings. The molecule has 0 aliphatic carbocycles. The fourth-order valence-electron chi connectivity index (χ4n) is 1.67. The highest BCUT2D eigenvalue weighted by atomic mass is 35.5. The van der Waals surface area contributed by atoms with E-state index in [1.807, 2.05) is 6.92 Å². The van der Waals surface area contributed by atoms with E-state index in [4.69, 9.17) is 17.3 Å². The molecule has 0 amide bonds. The molecule has 1 aromatic heterocycles. The van der Waals surface area contributed by atoms with Crippen LogP contribution < -0.4 is 5.73 Å². The van der Waals surface area contributed by atoms with Crippen molar-refractivity contribution >= 4 is 23.1 Å². The first-order valence-electron chi connectivity index (χ1n) is 5.18. The zero-order valence-corrected chi connectivity index (χ0v) is 10.6. The number of hydrogen-bond acceptors (Lipinski definition) is 4. The predicted octanol–water partition coefficient (Wildman–Crippen LogP) is 2.63. The molecular formula is C11H11ClN4O2. The molecule has 0 aliphatic heterocycles. The minimum atomic E-state index is -0.538. The summed E-state index contributed by atoms with van der Waals surface area (Å²) in [7, 11) is 0. The molecule has 0 atom stereocenters. The molecule has 6 nitrogen and oxygen atoms in total. The molecule has 2 rings (SSSR count). The molecular weight excluding hydrogens is 256 g/mol. The van der Waals surface area contributed by atoms with E-state index in [9.17, 15) is 10.1 Å². The first-order chi connectivity index (χ1) is 8.41. The lowest BCUT2D eigenvalue weighted by atomic mass is 10.2. The van der Waals surface area contributed by atoms with Gasteiger partial charge in [0.25, 0.3) is 0 Å². The average Bonchev–Trinajstić information content (AvgIpc) is 2.58. The molecule has 18 heavy (non-hydrogen) atoms. The Bertz CT molecular complexity index is 636. The second-order valence-electron chi connectivity index (χ2n) is 3.92. The van der Waals surface area contributed by atoms with E-state index in [2.05, 4.69) is 5.10 Å². The summed E-state index contributed by atoms with van der Waals surface area (Å²) in [6, 6.07) is 5.23. The maximum absolute atomic E-state index is 10.9. The Kier molecular flexibility index (Phi) is 2.96. The van der Waals surface area contributed by atoms with Gasteiger partial charge in [-0.15, -0.1) is 0 Å². The summed E-state index contributed by atoms with van der Waals surface area (Å²) in [6.45, 7) is 3.41. The van der Waals surface area contributed by atoms with E-state index < -0.39 is 4.92 Å². The van der Waals surface area contributed by atoms with Crippen LogP contribution in [0.1, 0.15) is 11.3 Å². The van der Waals surface area contributed by atoms with Crippen molar-refractivity contribution in [2.24, 2.45) is 0 Å². The van der Waals surface area contributed by atoms with E-state index in [-0.39, 0.29) is 17.2 Å². The molecule has 0 unspecified atom stereocenters. The molecule has 94 valence electrons. The number of hydrogen-bond donors (Lipinski definition) is 1. The zero-order chi connectivity index (χ0) is 13.4. The summed E-state index contributed by atoms with van der Waals surface area (Å²) in [4.78, 5) is 10.3. The number of nitrogen functional groups attached to an aromatic ring is 1. The van der Waals surface area contributed by atoms with Crippen molar-refractivity contribution in [1.29, 1.82) is 0 Å². The van der Waals surface area contributed by atoms with Crippen molar-refractivity contribution in [1.82, 2.24) is 9.78 Å². The highest BCUT2D eigenvalue weighted by Crippen LogP contribution is 2.29. The number of nitro groups is 1. The summed E-state index contributed by atoms with van der Waals surface area (Å²) in [5.41, 5.74) is 7.35. The van der Waals surface area contributed by atoms with Crippen molar-refractivity contribution in [3.05, 3.63) is 44.6 Å². The van der Waals surface area contributed by atoms with E-state index >= 15 is 0 Å². The van der Waals surface area contributed by atoms with E-state index in [1.165, 1.54) is 4.68 Å². The van der Waals surface area contributed by atoms with Gasteiger partial charge in [0.05, 0.1) is 10.6 Å². The monoisotopic (exact) mass is 266 g/mol. The number of halogens is 1. The fourth-order valence-corrected chi connectivity index (χ4v) is 1.85. The van der Waals surface area contributed by atoms with Gasteiger partial charge < -0.3 is 5.73 Å². The maximum Gasteiger partial charge on any atom is 0.333 e.